The number of carbonyl (C=O) groups is 1. The molecule has 0 spiro atoms. The van der Waals surface area contributed by atoms with Crippen LogP contribution >= 0.6 is 0 Å². The number of carbonyl (C=O) groups excluding carboxylic acids is 1. The molecule has 88 valence electrons. The molecule has 0 amide bonds. The van der Waals surface area contributed by atoms with Crippen LogP contribution in [0.5, 0.6) is 0 Å². The third-order valence-corrected chi connectivity index (χ3v) is 3.69. The highest BCUT2D eigenvalue weighted by molar-refractivity contribution is 5.77. The summed E-state index contributed by atoms with van der Waals surface area (Å²) >= 11 is 0. The van der Waals surface area contributed by atoms with Crippen molar-refractivity contribution in [2.45, 2.75) is 77.6 Å². The number of rotatable bonds is 7. The molecule has 0 atom stereocenters. The van der Waals surface area contributed by atoms with Crippen LogP contribution < -0.4 is 0 Å². The normalized spacial score (nSPS) is 17.9. The third-order valence-electron chi connectivity index (χ3n) is 3.69. The zero-order valence-electron chi connectivity index (χ0n) is 10.3. The lowest BCUT2D eigenvalue weighted by atomic mass is 9.85. The SMILES string of the molecule is CCC(=O)CCCCCC1CCCCC1. The average Bonchev–Trinajstić information content (AvgIpc) is 2.29. The van der Waals surface area contributed by atoms with Crippen molar-refractivity contribution in [3.8, 4) is 0 Å². The van der Waals surface area contributed by atoms with Crippen LogP contribution in [-0.2, 0) is 4.79 Å². The van der Waals surface area contributed by atoms with E-state index in [0.29, 0.717) is 5.78 Å². The van der Waals surface area contributed by atoms with Crippen LogP contribution in [-0.4, -0.2) is 5.78 Å². The summed E-state index contributed by atoms with van der Waals surface area (Å²) in [6, 6.07) is 0. The molecule has 0 aromatic heterocycles. The molecule has 1 nitrogen and oxygen atoms in total. The Balaban J connectivity index is 1.89. The van der Waals surface area contributed by atoms with E-state index in [4.69, 9.17) is 0 Å². The lowest BCUT2D eigenvalue weighted by Crippen LogP contribution is -2.05. The first kappa shape index (κ1) is 12.7. The molecule has 0 radical (unpaired) electrons. The number of hydrogen-bond donors (Lipinski definition) is 0. The van der Waals surface area contributed by atoms with Gasteiger partial charge in [0, 0.05) is 12.8 Å². The standard InChI is InChI=1S/C14H26O/c1-2-14(15)12-8-4-7-11-13-9-5-3-6-10-13/h13H,2-12H2,1H3. The fourth-order valence-electron chi connectivity index (χ4n) is 2.58. The van der Waals surface area contributed by atoms with Crippen LogP contribution in [0.25, 0.3) is 0 Å². The minimum Gasteiger partial charge on any atom is -0.300 e. The van der Waals surface area contributed by atoms with Gasteiger partial charge in [0.1, 0.15) is 5.78 Å². The number of Topliss-reactive ketones (excluding diaryl/α,β-unsaturated/α-hetero) is 1. The molecule has 0 heterocycles. The van der Waals surface area contributed by atoms with Crippen LogP contribution in [0, 0.1) is 5.92 Å². The van der Waals surface area contributed by atoms with Gasteiger partial charge >= 0.3 is 0 Å². The van der Waals surface area contributed by atoms with Crippen LogP contribution in [0.2, 0.25) is 0 Å². The zero-order valence-corrected chi connectivity index (χ0v) is 10.3. The maximum absolute atomic E-state index is 11.1. The Morgan fingerprint density at radius 1 is 1.07 bits per heavy atom. The van der Waals surface area contributed by atoms with Crippen molar-refractivity contribution < 1.29 is 4.79 Å². The zero-order chi connectivity index (χ0) is 10.9. The molecular formula is C14H26O. The van der Waals surface area contributed by atoms with Crippen molar-refractivity contribution in [1.82, 2.24) is 0 Å². The second-order valence-corrected chi connectivity index (χ2v) is 5.00. The maximum Gasteiger partial charge on any atom is 0.132 e. The largest absolute Gasteiger partial charge is 0.300 e. The maximum atomic E-state index is 11.1. The quantitative estimate of drug-likeness (QED) is 0.566. The van der Waals surface area contributed by atoms with E-state index < -0.39 is 0 Å². The average molecular weight is 210 g/mol. The van der Waals surface area contributed by atoms with Crippen molar-refractivity contribution in [1.29, 1.82) is 0 Å². The fourth-order valence-corrected chi connectivity index (χ4v) is 2.58. The molecule has 0 aromatic rings. The van der Waals surface area contributed by atoms with Gasteiger partial charge in [-0.15, -0.1) is 0 Å². The Morgan fingerprint density at radius 3 is 2.47 bits per heavy atom. The van der Waals surface area contributed by atoms with Gasteiger partial charge in [-0.25, -0.2) is 0 Å². The fraction of sp³-hybridized carbons (Fsp3) is 0.929. The van der Waals surface area contributed by atoms with Gasteiger partial charge in [-0.2, -0.15) is 0 Å². The Kier molecular flexibility index (Phi) is 6.71. The lowest BCUT2D eigenvalue weighted by molar-refractivity contribution is -0.118. The number of ketones is 1. The van der Waals surface area contributed by atoms with Gasteiger partial charge in [-0.05, 0) is 12.3 Å². The molecular weight excluding hydrogens is 184 g/mol. The molecule has 15 heavy (non-hydrogen) atoms. The summed E-state index contributed by atoms with van der Waals surface area (Å²) in [6.07, 6.45) is 14.0. The van der Waals surface area contributed by atoms with Crippen LogP contribution in [0.15, 0.2) is 0 Å². The summed E-state index contributed by atoms with van der Waals surface area (Å²) in [5.41, 5.74) is 0. The first-order valence-corrected chi connectivity index (χ1v) is 6.84. The summed E-state index contributed by atoms with van der Waals surface area (Å²) in [6.45, 7) is 1.96. The second kappa shape index (κ2) is 7.90. The summed E-state index contributed by atoms with van der Waals surface area (Å²) in [4.78, 5) is 11.1. The molecule has 1 fully saturated rings. The lowest BCUT2D eigenvalue weighted by Gasteiger charge is -2.21. The monoisotopic (exact) mass is 210 g/mol. The van der Waals surface area contributed by atoms with Gasteiger partial charge in [-0.1, -0.05) is 58.3 Å². The predicted molar refractivity (Wildman–Crippen MR) is 65.0 cm³/mol. The molecule has 0 bridgehead atoms. The number of unbranched alkanes of at least 4 members (excludes halogenated alkanes) is 2. The van der Waals surface area contributed by atoms with Crippen molar-refractivity contribution in [3.05, 3.63) is 0 Å². The van der Waals surface area contributed by atoms with Gasteiger partial charge in [0.25, 0.3) is 0 Å². The molecule has 1 aliphatic carbocycles. The smallest absolute Gasteiger partial charge is 0.132 e. The molecule has 0 aliphatic heterocycles. The van der Waals surface area contributed by atoms with Gasteiger partial charge in [-0.3, -0.25) is 4.79 Å². The summed E-state index contributed by atoms with van der Waals surface area (Å²) < 4.78 is 0. The Bertz CT molecular complexity index is 168. The second-order valence-electron chi connectivity index (χ2n) is 5.00. The topological polar surface area (TPSA) is 17.1 Å². The van der Waals surface area contributed by atoms with E-state index in [0.717, 1.165) is 25.2 Å². The van der Waals surface area contributed by atoms with Gasteiger partial charge < -0.3 is 0 Å². The van der Waals surface area contributed by atoms with Gasteiger partial charge in [0.15, 0.2) is 0 Å². The van der Waals surface area contributed by atoms with Crippen molar-refractivity contribution in [3.63, 3.8) is 0 Å². The summed E-state index contributed by atoms with van der Waals surface area (Å²) in [5.74, 6) is 1.45. The molecule has 0 unspecified atom stereocenters. The molecule has 0 aromatic carbocycles. The highest BCUT2D eigenvalue weighted by Crippen LogP contribution is 2.27. The highest BCUT2D eigenvalue weighted by Gasteiger charge is 2.12. The minimum absolute atomic E-state index is 0.438. The first-order chi connectivity index (χ1) is 7.33. The molecule has 1 aliphatic rings. The van der Waals surface area contributed by atoms with Gasteiger partial charge in [0.05, 0.1) is 0 Å². The first-order valence-electron chi connectivity index (χ1n) is 6.84. The van der Waals surface area contributed by atoms with E-state index in [-0.39, 0.29) is 0 Å². The summed E-state index contributed by atoms with van der Waals surface area (Å²) in [7, 11) is 0. The van der Waals surface area contributed by atoms with E-state index in [1.807, 2.05) is 6.92 Å². The summed E-state index contributed by atoms with van der Waals surface area (Å²) in [5, 5.41) is 0. The van der Waals surface area contributed by atoms with Gasteiger partial charge in [0.2, 0.25) is 0 Å². The third kappa shape index (κ3) is 5.96. The number of hydrogen-bond acceptors (Lipinski definition) is 1. The van der Waals surface area contributed by atoms with Crippen molar-refractivity contribution >= 4 is 5.78 Å². The van der Waals surface area contributed by atoms with Crippen molar-refractivity contribution in [2.75, 3.05) is 0 Å². The Labute approximate surface area is 94.6 Å². The van der Waals surface area contributed by atoms with E-state index in [9.17, 15) is 4.79 Å². The molecule has 1 saturated carbocycles. The Hall–Kier alpha value is -0.330. The Morgan fingerprint density at radius 2 is 1.80 bits per heavy atom. The molecule has 1 heteroatoms. The molecule has 1 rings (SSSR count). The van der Waals surface area contributed by atoms with Crippen LogP contribution in [0.4, 0.5) is 0 Å². The van der Waals surface area contributed by atoms with E-state index in [1.54, 1.807) is 0 Å². The van der Waals surface area contributed by atoms with Crippen molar-refractivity contribution in [2.24, 2.45) is 5.92 Å². The van der Waals surface area contributed by atoms with Crippen LogP contribution in [0.3, 0.4) is 0 Å². The highest BCUT2D eigenvalue weighted by atomic mass is 16.1. The van der Waals surface area contributed by atoms with E-state index >= 15 is 0 Å². The molecule has 0 saturated heterocycles. The van der Waals surface area contributed by atoms with Crippen LogP contribution in [0.1, 0.15) is 77.6 Å². The van der Waals surface area contributed by atoms with E-state index in [2.05, 4.69) is 0 Å². The predicted octanol–water partition coefficient (Wildman–Crippen LogP) is 4.50. The molecule has 0 N–H and O–H groups in total. The van der Waals surface area contributed by atoms with E-state index in [1.165, 1.54) is 51.4 Å². The minimum atomic E-state index is 0.438.